The lowest BCUT2D eigenvalue weighted by Gasteiger charge is -2.12. The molecule has 1 aromatic carbocycles. The van der Waals surface area contributed by atoms with E-state index in [1.54, 1.807) is 12.4 Å². The highest BCUT2D eigenvalue weighted by Crippen LogP contribution is 2.21. The van der Waals surface area contributed by atoms with Gasteiger partial charge in [0.25, 0.3) is 5.91 Å². The molecule has 0 saturated carbocycles. The maximum absolute atomic E-state index is 12.4. The summed E-state index contributed by atoms with van der Waals surface area (Å²) in [4.78, 5) is 18.7. The Morgan fingerprint density at radius 3 is 2.75 bits per heavy atom. The summed E-state index contributed by atoms with van der Waals surface area (Å²) in [5, 5.41) is 6.23. The van der Waals surface area contributed by atoms with Crippen molar-refractivity contribution in [2.24, 2.45) is 0 Å². The molecule has 2 rings (SSSR count). The largest absolute Gasteiger partial charge is 0.384 e. The number of nitrogens with one attached hydrogen (secondary N) is 2. The Morgan fingerprint density at radius 1 is 1.25 bits per heavy atom. The number of aryl methyl sites for hydroxylation is 1. The minimum absolute atomic E-state index is 0.162. The Balaban J connectivity index is 1.98. The van der Waals surface area contributed by atoms with E-state index in [0.717, 1.165) is 40.9 Å². The van der Waals surface area contributed by atoms with Crippen molar-refractivity contribution in [3.05, 3.63) is 52.3 Å². The van der Waals surface area contributed by atoms with Crippen molar-refractivity contribution >= 4 is 33.2 Å². The van der Waals surface area contributed by atoms with Crippen molar-refractivity contribution in [3.63, 3.8) is 0 Å². The van der Waals surface area contributed by atoms with Gasteiger partial charge in [-0.2, -0.15) is 0 Å². The van der Waals surface area contributed by atoms with Crippen molar-refractivity contribution in [2.75, 3.05) is 37.8 Å². The lowest BCUT2D eigenvalue weighted by atomic mass is 10.2. The summed E-state index contributed by atoms with van der Waals surface area (Å²) in [5.74, 6) is -0.162. The van der Waals surface area contributed by atoms with Gasteiger partial charge in [-0.05, 0) is 63.8 Å². The second kappa shape index (κ2) is 8.80. The zero-order valence-corrected chi connectivity index (χ0v) is 15.9. The van der Waals surface area contributed by atoms with Crippen LogP contribution in [0.1, 0.15) is 22.3 Å². The van der Waals surface area contributed by atoms with E-state index in [1.165, 1.54) is 0 Å². The van der Waals surface area contributed by atoms with E-state index in [9.17, 15) is 4.79 Å². The number of hydrogen-bond acceptors (Lipinski definition) is 4. The van der Waals surface area contributed by atoms with Crippen LogP contribution in [0.25, 0.3) is 0 Å². The minimum Gasteiger partial charge on any atom is -0.384 e. The van der Waals surface area contributed by atoms with Crippen molar-refractivity contribution < 1.29 is 4.79 Å². The molecule has 1 heterocycles. The molecule has 1 amide bonds. The molecule has 0 bridgehead atoms. The third-order valence-electron chi connectivity index (χ3n) is 3.55. The molecule has 0 spiro atoms. The molecule has 2 N–H and O–H groups in total. The third-order valence-corrected chi connectivity index (χ3v) is 4.04. The fraction of sp³-hybridized carbons (Fsp3) is 0.333. The fourth-order valence-electron chi connectivity index (χ4n) is 2.25. The van der Waals surface area contributed by atoms with Gasteiger partial charge in [-0.25, -0.2) is 0 Å². The van der Waals surface area contributed by atoms with Crippen LogP contribution in [0.4, 0.5) is 11.4 Å². The molecule has 0 unspecified atom stereocenters. The maximum atomic E-state index is 12.4. The van der Waals surface area contributed by atoms with Crippen molar-refractivity contribution in [1.29, 1.82) is 0 Å². The van der Waals surface area contributed by atoms with Gasteiger partial charge < -0.3 is 15.5 Å². The number of halogens is 1. The standard InChI is InChI=1S/C18H23BrN4O/c1-13-9-15(19)5-6-17(13)22-18(24)14-10-16(12-20-11-14)21-7-4-8-23(2)3/h5-6,9-12,21H,4,7-8H2,1-3H3,(H,22,24). The van der Waals surface area contributed by atoms with Gasteiger partial charge in [0, 0.05) is 29.1 Å². The van der Waals surface area contributed by atoms with Crippen LogP contribution in [0.5, 0.6) is 0 Å². The average molecular weight is 391 g/mol. The van der Waals surface area contributed by atoms with Crippen LogP contribution in [0.15, 0.2) is 41.1 Å². The van der Waals surface area contributed by atoms with Crippen molar-refractivity contribution in [3.8, 4) is 0 Å². The van der Waals surface area contributed by atoms with Crippen molar-refractivity contribution in [1.82, 2.24) is 9.88 Å². The monoisotopic (exact) mass is 390 g/mol. The van der Waals surface area contributed by atoms with Crippen LogP contribution in [-0.4, -0.2) is 43.0 Å². The first-order valence-electron chi connectivity index (χ1n) is 7.87. The highest BCUT2D eigenvalue weighted by molar-refractivity contribution is 9.10. The van der Waals surface area contributed by atoms with E-state index in [0.29, 0.717) is 5.56 Å². The number of benzene rings is 1. The molecule has 0 aliphatic rings. The Kier molecular flexibility index (Phi) is 6.75. The van der Waals surface area contributed by atoms with Crippen LogP contribution in [-0.2, 0) is 0 Å². The van der Waals surface area contributed by atoms with Gasteiger partial charge in [-0.1, -0.05) is 15.9 Å². The molecule has 128 valence electrons. The molecule has 0 aliphatic carbocycles. The predicted molar refractivity (Wildman–Crippen MR) is 103 cm³/mol. The molecule has 2 aromatic rings. The van der Waals surface area contributed by atoms with Gasteiger partial charge >= 0.3 is 0 Å². The van der Waals surface area contributed by atoms with Gasteiger partial charge in [0.15, 0.2) is 0 Å². The highest BCUT2D eigenvalue weighted by atomic mass is 79.9. The van der Waals surface area contributed by atoms with E-state index in [1.807, 2.05) is 31.2 Å². The van der Waals surface area contributed by atoms with E-state index < -0.39 is 0 Å². The predicted octanol–water partition coefficient (Wildman–Crippen LogP) is 3.77. The molecule has 1 aromatic heterocycles. The zero-order valence-electron chi connectivity index (χ0n) is 14.3. The molecule has 0 saturated heterocycles. The van der Waals surface area contributed by atoms with Crippen LogP contribution in [0, 0.1) is 6.92 Å². The van der Waals surface area contributed by atoms with Gasteiger partial charge in [0.05, 0.1) is 11.3 Å². The molecular weight excluding hydrogens is 368 g/mol. The number of amides is 1. The SMILES string of the molecule is Cc1cc(Br)ccc1NC(=O)c1cncc(NCCCN(C)C)c1. The Labute approximate surface area is 151 Å². The second-order valence-corrected chi connectivity index (χ2v) is 6.87. The first kappa shape index (κ1) is 18.4. The highest BCUT2D eigenvalue weighted by Gasteiger charge is 2.09. The zero-order chi connectivity index (χ0) is 17.5. The maximum Gasteiger partial charge on any atom is 0.257 e. The Bertz CT molecular complexity index is 703. The smallest absolute Gasteiger partial charge is 0.257 e. The van der Waals surface area contributed by atoms with Crippen LogP contribution >= 0.6 is 15.9 Å². The summed E-state index contributed by atoms with van der Waals surface area (Å²) in [7, 11) is 4.10. The lowest BCUT2D eigenvalue weighted by molar-refractivity contribution is 0.102. The van der Waals surface area contributed by atoms with Gasteiger partial charge in [0.2, 0.25) is 0 Å². The summed E-state index contributed by atoms with van der Waals surface area (Å²) in [6, 6.07) is 7.58. The second-order valence-electron chi connectivity index (χ2n) is 5.96. The van der Waals surface area contributed by atoms with E-state index in [4.69, 9.17) is 0 Å². The van der Waals surface area contributed by atoms with Crippen molar-refractivity contribution in [2.45, 2.75) is 13.3 Å². The number of nitrogens with zero attached hydrogens (tertiary/aromatic N) is 2. The molecule has 0 aliphatic heterocycles. The Hall–Kier alpha value is -1.92. The molecule has 0 fully saturated rings. The number of carbonyl (C=O) groups excluding carboxylic acids is 1. The molecule has 0 atom stereocenters. The first-order chi connectivity index (χ1) is 11.5. The number of anilines is 2. The molecule has 24 heavy (non-hydrogen) atoms. The van der Waals surface area contributed by atoms with Gasteiger partial charge in [-0.3, -0.25) is 9.78 Å². The van der Waals surface area contributed by atoms with E-state index >= 15 is 0 Å². The van der Waals surface area contributed by atoms with Crippen LogP contribution in [0.3, 0.4) is 0 Å². The Morgan fingerprint density at radius 2 is 2.04 bits per heavy atom. The lowest BCUT2D eigenvalue weighted by Crippen LogP contribution is -2.17. The van der Waals surface area contributed by atoms with Gasteiger partial charge in [-0.15, -0.1) is 0 Å². The quantitative estimate of drug-likeness (QED) is 0.706. The summed E-state index contributed by atoms with van der Waals surface area (Å²) < 4.78 is 0.989. The number of pyridine rings is 1. The fourth-order valence-corrected chi connectivity index (χ4v) is 2.73. The topological polar surface area (TPSA) is 57.3 Å². The molecule has 0 radical (unpaired) electrons. The minimum atomic E-state index is -0.162. The molecular formula is C18H23BrN4O. The average Bonchev–Trinajstić information content (AvgIpc) is 2.54. The van der Waals surface area contributed by atoms with Crippen LogP contribution < -0.4 is 10.6 Å². The third kappa shape index (κ3) is 5.62. The summed E-state index contributed by atoms with van der Waals surface area (Å²) >= 11 is 3.42. The summed E-state index contributed by atoms with van der Waals surface area (Å²) in [6.07, 6.45) is 4.34. The number of hydrogen-bond donors (Lipinski definition) is 2. The van der Waals surface area contributed by atoms with E-state index in [2.05, 4.69) is 50.5 Å². The number of aromatic nitrogens is 1. The normalized spacial score (nSPS) is 10.7. The van der Waals surface area contributed by atoms with Crippen LogP contribution in [0.2, 0.25) is 0 Å². The first-order valence-corrected chi connectivity index (χ1v) is 8.66. The molecule has 6 heteroatoms. The number of carbonyl (C=O) groups is 1. The summed E-state index contributed by atoms with van der Waals surface area (Å²) in [6.45, 7) is 3.82. The summed E-state index contributed by atoms with van der Waals surface area (Å²) in [5.41, 5.74) is 3.19. The number of rotatable bonds is 7. The van der Waals surface area contributed by atoms with Gasteiger partial charge in [0.1, 0.15) is 0 Å². The molecule has 5 nitrogen and oxygen atoms in total. The van der Waals surface area contributed by atoms with E-state index in [-0.39, 0.29) is 5.91 Å².